The number of hydrogen-bond donors (Lipinski definition) is 1. The molecule has 0 radical (unpaired) electrons. The fourth-order valence-electron chi connectivity index (χ4n) is 3.37. The van der Waals surface area contributed by atoms with Gasteiger partial charge in [0.1, 0.15) is 11.6 Å². The molecule has 0 aliphatic carbocycles. The molecule has 0 unspecified atom stereocenters. The van der Waals surface area contributed by atoms with E-state index in [1.165, 1.54) is 12.1 Å². The molecule has 28 heavy (non-hydrogen) atoms. The third kappa shape index (κ3) is 5.16. The maximum atomic E-state index is 13.2. The molecule has 1 aliphatic heterocycles. The number of aromatic nitrogens is 1. The van der Waals surface area contributed by atoms with Gasteiger partial charge in [-0.05, 0) is 38.5 Å². The average molecular weight is 388 g/mol. The number of nitrogens with one attached hydrogen (secondary N) is 1. The number of rotatable bonds is 6. The molecular formula is C20H25FN4O3. The molecular weight excluding hydrogens is 363 g/mol. The van der Waals surface area contributed by atoms with Gasteiger partial charge in [-0.15, -0.1) is 0 Å². The molecule has 0 spiro atoms. The van der Waals surface area contributed by atoms with Crippen molar-refractivity contribution in [1.82, 2.24) is 15.0 Å². The average Bonchev–Trinajstić information content (AvgIpc) is 2.98. The molecule has 2 heterocycles. The fraction of sp³-hybridized carbons (Fsp3) is 0.450. The third-order valence-corrected chi connectivity index (χ3v) is 4.97. The van der Waals surface area contributed by atoms with Crippen LogP contribution in [0.25, 0.3) is 0 Å². The summed E-state index contributed by atoms with van der Waals surface area (Å²) in [5, 5.41) is 6.61. The van der Waals surface area contributed by atoms with Crippen LogP contribution in [-0.2, 0) is 16.0 Å². The zero-order valence-electron chi connectivity index (χ0n) is 16.2. The van der Waals surface area contributed by atoms with Gasteiger partial charge in [0.05, 0.1) is 12.2 Å². The third-order valence-electron chi connectivity index (χ3n) is 4.97. The molecule has 150 valence electrons. The number of aryl methyl sites for hydroxylation is 2. The summed E-state index contributed by atoms with van der Waals surface area (Å²) in [6, 6.07) is 5.82. The molecule has 1 aromatic heterocycles. The van der Waals surface area contributed by atoms with Crippen molar-refractivity contribution in [1.29, 1.82) is 0 Å². The number of carbonyl (C=O) groups excluding carboxylic acids is 2. The lowest BCUT2D eigenvalue weighted by molar-refractivity contribution is -0.133. The van der Waals surface area contributed by atoms with E-state index in [1.807, 2.05) is 23.6 Å². The number of nitrogens with zero attached hydrogens (tertiary/aromatic N) is 3. The molecule has 1 saturated heterocycles. The van der Waals surface area contributed by atoms with Crippen LogP contribution in [0.5, 0.6) is 0 Å². The van der Waals surface area contributed by atoms with Gasteiger partial charge in [-0.1, -0.05) is 11.2 Å². The summed E-state index contributed by atoms with van der Waals surface area (Å²) in [6.07, 6.45) is 1.04. The Morgan fingerprint density at radius 1 is 1.21 bits per heavy atom. The minimum atomic E-state index is -0.387. The number of piperazine rings is 1. The molecule has 1 N–H and O–H groups in total. The van der Waals surface area contributed by atoms with Crippen molar-refractivity contribution in [2.45, 2.75) is 26.7 Å². The monoisotopic (exact) mass is 388 g/mol. The molecule has 8 heteroatoms. The Morgan fingerprint density at radius 2 is 1.96 bits per heavy atom. The predicted molar refractivity (Wildman–Crippen MR) is 102 cm³/mol. The summed E-state index contributed by atoms with van der Waals surface area (Å²) >= 11 is 0. The van der Waals surface area contributed by atoms with Gasteiger partial charge in [0.2, 0.25) is 11.8 Å². The van der Waals surface area contributed by atoms with E-state index in [9.17, 15) is 14.0 Å². The second-order valence-electron chi connectivity index (χ2n) is 7.02. The first kappa shape index (κ1) is 20.0. The fourth-order valence-corrected chi connectivity index (χ4v) is 3.37. The number of anilines is 1. The van der Waals surface area contributed by atoms with Crippen LogP contribution in [0.3, 0.4) is 0 Å². The lowest BCUT2D eigenvalue weighted by atomic mass is 10.1. The van der Waals surface area contributed by atoms with Gasteiger partial charge in [0, 0.05) is 43.9 Å². The van der Waals surface area contributed by atoms with Crippen LogP contribution >= 0.6 is 0 Å². The van der Waals surface area contributed by atoms with Gasteiger partial charge in [-0.3, -0.25) is 14.5 Å². The van der Waals surface area contributed by atoms with E-state index in [0.29, 0.717) is 44.7 Å². The summed E-state index contributed by atoms with van der Waals surface area (Å²) in [5.41, 5.74) is 2.28. The Labute approximate surface area is 163 Å². The second kappa shape index (κ2) is 8.97. The number of amides is 2. The van der Waals surface area contributed by atoms with Crippen LogP contribution in [-0.4, -0.2) is 59.5 Å². The van der Waals surface area contributed by atoms with Crippen LogP contribution in [0.4, 0.5) is 10.1 Å². The summed E-state index contributed by atoms with van der Waals surface area (Å²) in [6.45, 7) is 6.40. The van der Waals surface area contributed by atoms with Crippen LogP contribution < -0.4 is 5.32 Å². The van der Waals surface area contributed by atoms with Crippen molar-refractivity contribution >= 4 is 17.5 Å². The first-order chi connectivity index (χ1) is 13.4. The van der Waals surface area contributed by atoms with Crippen molar-refractivity contribution < 1.29 is 18.5 Å². The van der Waals surface area contributed by atoms with Crippen molar-refractivity contribution in [3.63, 3.8) is 0 Å². The molecule has 1 aromatic carbocycles. The number of halogens is 1. The van der Waals surface area contributed by atoms with E-state index in [1.54, 1.807) is 12.1 Å². The van der Waals surface area contributed by atoms with E-state index in [4.69, 9.17) is 4.52 Å². The number of benzene rings is 1. The number of hydrogen-bond acceptors (Lipinski definition) is 5. The Kier molecular flexibility index (Phi) is 6.41. The van der Waals surface area contributed by atoms with Crippen molar-refractivity contribution in [2.24, 2.45) is 0 Å². The highest BCUT2D eigenvalue weighted by atomic mass is 19.1. The Balaban J connectivity index is 1.41. The molecule has 3 rings (SSSR count). The van der Waals surface area contributed by atoms with Crippen LogP contribution in [0.1, 0.15) is 23.4 Å². The molecule has 7 nitrogen and oxygen atoms in total. The van der Waals surface area contributed by atoms with E-state index < -0.39 is 0 Å². The van der Waals surface area contributed by atoms with Crippen LogP contribution in [0.2, 0.25) is 0 Å². The first-order valence-electron chi connectivity index (χ1n) is 9.39. The minimum absolute atomic E-state index is 0.101. The van der Waals surface area contributed by atoms with Gasteiger partial charge in [0.15, 0.2) is 0 Å². The van der Waals surface area contributed by atoms with E-state index in [0.717, 1.165) is 17.0 Å². The quantitative estimate of drug-likeness (QED) is 0.820. The highest BCUT2D eigenvalue weighted by molar-refractivity contribution is 5.92. The van der Waals surface area contributed by atoms with Gasteiger partial charge < -0.3 is 14.7 Å². The van der Waals surface area contributed by atoms with Gasteiger partial charge >= 0.3 is 0 Å². The molecule has 2 amide bonds. The molecule has 0 bridgehead atoms. The smallest absolute Gasteiger partial charge is 0.238 e. The molecule has 0 atom stereocenters. The predicted octanol–water partition coefficient (Wildman–Crippen LogP) is 2.15. The van der Waals surface area contributed by atoms with Crippen LogP contribution in [0.15, 0.2) is 28.8 Å². The highest BCUT2D eigenvalue weighted by Crippen LogP contribution is 2.15. The van der Waals surface area contributed by atoms with E-state index >= 15 is 0 Å². The van der Waals surface area contributed by atoms with E-state index in [2.05, 4.69) is 10.5 Å². The maximum Gasteiger partial charge on any atom is 0.238 e. The van der Waals surface area contributed by atoms with Gasteiger partial charge in [0.25, 0.3) is 0 Å². The zero-order valence-corrected chi connectivity index (χ0v) is 16.2. The van der Waals surface area contributed by atoms with Crippen LogP contribution in [0, 0.1) is 19.7 Å². The summed E-state index contributed by atoms with van der Waals surface area (Å²) < 4.78 is 18.3. The summed E-state index contributed by atoms with van der Waals surface area (Å²) in [5.74, 6) is 0.286. The van der Waals surface area contributed by atoms with Crippen molar-refractivity contribution in [2.75, 3.05) is 38.0 Å². The second-order valence-corrected chi connectivity index (χ2v) is 7.02. The highest BCUT2D eigenvalue weighted by Gasteiger charge is 2.23. The number of carbonyl (C=O) groups is 2. The topological polar surface area (TPSA) is 78.7 Å². The van der Waals surface area contributed by atoms with Gasteiger partial charge in [-0.25, -0.2) is 4.39 Å². The van der Waals surface area contributed by atoms with E-state index in [-0.39, 0.29) is 24.2 Å². The lowest BCUT2D eigenvalue weighted by Gasteiger charge is -2.34. The Bertz CT molecular complexity index is 824. The summed E-state index contributed by atoms with van der Waals surface area (Å²) in [7, 11) is 0. The SMILES string of the molecule is Cc1noc(C)c1CCC(=O)N1CCN(CC(=O)Nc2cccc(F)c2)CC1. The van der Waals surface area contributed by atoms with Crippen molar-refractivity contribution in [3.05, 3.63) is 47.1 Å². The molecule has 1 fully saturated rings. The molecule has 2 aromatic rings. The Hall–Kier alpha value is -2.74. The minimum Gasteiger partial charge on any atom is -0.361 e. The summed E-state index contributed by atoms with van der Waals surface area (Å²) in [4.78, 5) is 28.4. The maximum absolute atomic E-state index is 13.2. The lowest BCUT2D eigenvalue weighted by Crippen LogP contribution is -2.50. The standard InChI is InChI=1S/C20H25FN4O3/c1-14-18(15(2)28-23-14)6-7-20(27)25-10-8-24(9-11-25)13-19(26)22-17-5-3-4-16(21)12-17/h3-5,12H,6-11,13H2,1-2H3,(H,22,26). The molecule has 0 saturated carbocycles. The van der Waals surface area contributed by atoms with Crippen molar-refractivity contribution in [3.8, 4) is 0 Å². The first-order valence-corrected chi connectivity index (χ1v) is 9.39. The van der Waals surface area contributed by atoms with Gasteiger partial charge in [-0.2, -0.15) is 0 Å². The molecule has 1 aliphatic rings. The Morgan fingerprint density at radius 3 is 2.61 bits per heavy atom. The zero-order chi connectivity index (χ0) is 20.1. The largest absolute Gasteiger partial charge is 0.361 e. The normalized spacial score (nSPS) is 14.9.